The lowest BCUT2D eigenvalue weighted by atomic mass is 10.1. The molecule has 0 saturated carbocycles. The largest absolute Gasteiger partial charge is 0.348 e. The van der Waals surface area contributed by atoms with Gasteiger partial charge in [0.15, 0.2) is 5.78 Å². The van der Waals surface area contributed by atoms with Crippen molar-refractivity contribution in [2.45, 2.75) is 0 Å². The van der Waals surface area contributed by atoms with E-state index in [0.717, 1.165) is 6.07 Å². The second-order valence-electron chi connectivity index (χ2n) is 5.17. The molecule has 0 aliphatic carbocycles. The summed E-state index contributed by atoms with van der Waals surface area (Å²) in [6.45, 7) is 0. The maximum Gasteiger partial charge on any atom is 0.236 e. The molecular weight excluding hydrogens is 776 g/mol. The van der Waals surface area contributed by atoms with Gasteiger partial charge in [-0.3, -0.25) is 9.59 Å². The van der Waals surface area contributed by atoms with Gasteiger partial charge >= 0.3 is 0 Å². The van der Waals surface area contributed by atoms with Crippen LogP contribution < -0.4 is 0 Å². The van der Waals surface area contributed by atoms with Crippen molar-refractivity contribution >= 4 is 111 Å². The van der Waals surface area contributed by atoms with Crippen LogP contribution in [0.2, 0.25) is 10.0 Å². The Morgan fingerprint density at radius 3 is 1.70 bits per heavy atom. The van der Waals surface area contributed by atoms with Crippen LogP contribution in [0.15, 0.2) is 40.9 Å². The Balaban J connectivity index is 0. The third-order valence-corrected chi connectivity index (χ3v) is 4.44. The molecule has 0 radical (unpaired) electrons. The third-order valence-electron chi connectivity index (χ3n) is 2.86. The van der Waals surface area contributed by atoms with Crippen molar-refractivity contribution in [3.63, 3.8) is 0 Å². The van der Waals surface area contributed by atoms with Gasteiger partial charge in [0.25, 0.3) is 0 Å². The standard InChI is InChI=1S/C8H5Cl2FO.C6H3BrClF.C4H8ClNO.I2/c9-4-8(12)5-1-2-6(10)7(11)3-5;7-4-1-2-5(8)6(9)3-4;1-6(2)4(7)3-5;1-2/h1-3H,4H2;1-3H;3H2,1-2H3;. The van der Waals surface area contributed by atoms with Crippen molar-refractivity contribution in [3.05, 3.63) is 68.1 Å². The van der Waals surface area contributed by atoms with E-state index in [2.05, 4.69) is 53.2 Å². The van der Waals surface area contributed by atoms with E-state index in [4.69, 9.17) is 46.4 Å². The smallest absolute Gasteiger partial charge is 0.236 e. The summed E-state index contributed by atoms with van der Waals surface area (Å²) in [6.07, 6.45) is 0. The number of ketones is 1. The summed E-state index contributed by atoms with van der Waals surface area (Å²) in [6, 6.07) is 8.36. The van der Waals surface area contributed by atoms with Crippen LogP contribution in [0.3, 0.4) is 0 Å². The molecule has 0 bridgehead atoms. The highest BCUT2D eigenvalue weighted by molar-refractivity contribution is 15.0. The van der Waals surface area contributed by atoms with Crippen LogP contribution in [0, 0.1) is 11.6 Å². The van der Waals surface area contributed by atoms with Crippen molar-refractivity contribution in [1.29, 1.82) is 0 Å². The van der Waals surface area contributed by atoms with E-state index in [1.165, 1.54) is 29.2 Å². The zero-order valence-electron chi connectivity index (χ0n) is 15.5. The fourth-order valence-electron chi connectivity index (χ4n) is 1.34. The highest BCUT2D eigenvalue weighted by atomic mass is 128. The summed E-state index contributed by atoms with van der Waals surface area (Å²) in [5, 5.41) is 0.152. The summed E-state index contributed by atoms with van der Waals surface area (Å²) < 4.78 is 25.9. The van der Waals surface area contributed by atoms with Crippen LogP contribution in [0.25, 0.3) is 0 Å². The summed E-state index contributed by atoms with van der Waals surface area (Å²) in [4.78, 5) is 22.7. The Bertz CT molecular complexity index is 818. The first-order valence-electron chi connectivity index (χ1n) is 7.58. The molecule has 0 spiro atoms. The second kappa shape index (κ2) is 19.0. The van der Waals surface area contributed by atoms with E-state index in [-0.39, 0.29) is 39.1 Å². The van der Waals surface area contributed by atoms with Crippen LogP contribution in [0.1, 0.15) is 10.4 Å². The molecule has 0 heterocycles. The Hall–Kier alpha value is 0.540. The maximum absolute atomic E-state index is 12.7. The van der Waals surface area contributed by atoms with Crippen molar-refractivity contribution in [2.75, 3.05) is 25.9 Å². The lowest BCUT2D eigenvalue weighted by molar-refractivity contribution is -0.126. The lowest BCUT2D eigenvalue weighted by Crippen LogP contribution is -2.22. The first kappa shape index (κ1) is 32.7. The predicted molar refractivity (Wildman–Crippen MR) is 143 cm³/mol. The number of alkyl halides is 2. The molecule has 168 valence electrons. The first-order valence-corrected chi connectivity index (χ1v) is 16.5. The maximum atomic E-state index is 12.7. The fourth-order valence-corrected chi connectivity index (χ4v) is 2.30. The molecule has 3 nitrogen and oxygen atoms in total. The van der Waals surface area contributed by atoms with E-state index in [9.17, 15) is 18.4 Å². The minimum absolute atomic E-state index is 0.00104. The molecule has 0 aromatic heterocycles. The number of halogens is 9. The van der Waals surface area contributed by atoms with Crippen molar-refractivity contribution in [1.82, 2.24) is 4.90 Å². The van der Waals surface area contributed by atoms with E-state index >= 15 is 0 Å². The Morgan fingerprint density at radius 2 is 1.40 bits per heavy atom. The van der Waals surface area contributed by atoms with Gasteiger partial charge in [0.05, 0.1) is 15.9 Å². The molecule has 2 aromatic carbocycles. The number of carbonyl (C=O) groups excluding carboxylic acids is 2. The van der Waals surface area contributed by atoms with Gasteiger partial charge in [0.1, 0.15) is 17.5 Å². The number of nitrogens with zero attached hydrogens (tertiary/aromatic N) is 1. The molecule has 2 rings (SSSR count). The summed E-state index contributed by atoms with van der Waals surface area (Å²) in [5.41, 5.74) is 0.243. The SMILES string of the molecule is CN(C)C(=O)CCl.Fc1cc(Br)ccc1Cl.II.O=C(CCl)c1ccc(Cl)c(F)c1. The quantitative estimate of drug-likeness (QED) is 0.136. The van der Waals surface area contributed by atoms with Crippen LogP contribution >= 0.6 is 99.6 Å². The van der Waals surface area contributed by atoms with E-state index in [0.29, 0.717) is 4.47 Å². The van der Waals surface area contributed by atoms with Crippen LogP contribution in [0.5, 0.6) is 0 Å². The van der Waals surface area contributed by atoms with Crippen molar-refractivity contribution < 1.29 is 18.4 Å². The normalized spacial score (nSPS) is 9.03. The Kier molecular flexibility index (Phi) is 20.8. The zero-order valence-corrected chi connectivity index (χ0v) is 24.5. The molecule has 0 N–H and O–H groups in total. The lowest BCUT2D eigenvalue weighted by Gasteiger charge is -2.04. The minimum atomic E-state index is -0.604. The first-order chi connectivity index (χ1) is 14.0. The molecule has 0 fully saturated rings. The van der Waals surface area contributed by atoms with Gasteiger partial charge in [0.2, 0.25) is 5.91 Å². The van der Waals surface area contributed by atoms with Gasteiger partial charge < -0.3 is 4.90 Å². The molecule has 0 aliphatic rings. The number of Topliss-reactive ketones (excluding diaryl/α,β-unsaturated/α-hetero) is 1. The predicted octanol–water partition coefficient (Wildman–Crippen LogP) is 8.23. The van der Waals surface area contributed by atoms with E-state index in [1.807, 2.05) is 0 Å². The monoisotopic (exact) mass is 789 g/mol. The second-order valence-corrected chi connectivity index (χ2v) is 7.43. The molecule has 1 amide bonds. The average molecular weight is 792 g/mol. The third kappa shape index (κ3) is 14.6. The molecule has 0 unspecified atom stereocenters. The van der Waals surface area contributed by atoms with Gasteiger partial charge in [-0.15, -0.1) is 23.2 Å². The van der Waals surface area contributed by atoms with E-state index < -0.39 is 11.6 Å². The van der Waals surface area contributed by atoms with Crippen molar-refractivity contribution in [2.24, 2.45) is 0 Å². The summed E-state index contributed by atoms with van der Waals surface area (Å²) in [7, 11) is 3.34. The number of hydrogen-bond acceptors (Lipinski definition) is 2. The number of benzene rings is 2. The highest BCUT2D eigenvalue weighted by Gasteiger charge is 2.06. The number of amides is 1. The van der Waals surface area contributed by atoms with Gasteiger partial charge in [-0.2, -0.15) is 0 Å². The Morgan fingerprint density at radius 1 is 0.933 bits per heavy atom. The molecule has 0 aliphatic heterocycles. The minimum Gasteiger partial charge on any atom is -0.348 e. The topological polar surface area (TPSA) is 37.4 Å². The van der Waals surface area contributed by atoms with Crippen LogP contribution in [-0.2, 0) is 4.79 Å². The number of rotatable bonds is 3. The molecule has 30 heavy (non-hydrogen) atoms. The highest BCUT2D eigenvalue weighted by Crippen LogP contribution is 2.18. The summed E-state index contributed by atoms with van der Waals surface area (Å²) in [5.74, 6) is -1.44. The summed E-state index contributed by atoms with van der Waals surface area (Å²) >= 11 is 28.6. The zero-order chi connectivity index (χ0) is 23.9. The molecule has 12 heteroatoms. The molecule has 2 aromatic rings. The van der Waals surface area contributed by atoms with Gasteiger partial charge in [-0.25, -0.2) is 8.78 Å². The van der Waals surface area contributed by atoms with Crippen LogP contribution in [-0.4, -0.2) is 42.4 Å². The van der Waals surface area contributed by atoms with Gasteiger partial charge in [-0.1, -0.05) is 39.1 Å². The number of hydrogen-bond donors (Lipinski definition) is 0. The Labute approximate surface area is 226 Å². The van der Waals surface area contributed by atoms with Gasteiger partial charge in [-0.05, 0) is 36.4 Å². The van der Waals surface area contributed by atoms with Gasteiger partial charge in [0, 0.05) is 61.4 Å². The van der Waals surface area contributed by atoms with E-state index in [1.54, 1.807) is 20.2 Å². The van der Waals surface area contributed by atoms with Crippen LogP contribution in [0.4, 0.5) is 8.78 Å². The van der Waals surface area contributed by atoms with Crippen molar-refractivity contribution in [3.8, 4) is 0 Å². The fraction of sp³-hybridized carbons (Fsp3) is 0.222. The molecule has 0 saturated heterocycles. The number of carbonyl (C=O) groups is 2. The molecule has 0 atom stereocenters. The average Bonchev–Trinajstić information content (AvgIpc) is 2.74. The molecular formula is C18H16BrCl4F2I2NO2.